The summed E-state index contributed by atoms with van der Waals surface area (Å²) < 4.78 is 6.68. The van der Waals surface area contributed by atoms with Gasteiger partial charge in [-0.15, -0.1) is 0 Å². The molecule has 1 atom stereocenters. The molecular formula is C16H18BrClN2O. The number of hydrogen-bond acceptors (Lipinski definition) is 3. The third-order valence-corrected chi connectivity index (χ3v) is 3.96. The molecule has 0 aromatic heterocycles. The van der Waals surface area contributed by atoms with E-state index in [1.165, 1.54) is 0 Å². The van der Waals surface area contributed by atoms with Crippen LogP contribution in [-0.2, 0) is 0 Å². The number of nitrogens with one attached hydrogen (secondary N) is 1. The number of rotatable bonds is 5. The fraction of sp³-hybridized carbons (Fsp3) is 0.250. The number of hydrazine groups is 1. The molecular weight excluding hydrogens is 352 g/mol. The van der Waals surface area contributed by atoms with Gasteiger partial charge in [0, 0.05) is 9.50 Å². The van der Waals surface area contributed by atoms with Gasteiger partial charge in [-0.1, -0.05) is 39.7 Å². The maximum absolute atomic E-state index is 6.09. The van der Waals surface area contributed by atoms with Crippen molar-refractivity contribution in [2.45, 2.75) is 26.0 Å². The number of ether oxygens (including phenoxy) is 1. The quantitative estimate of drug-likeness (QED) is 0.605. The monoisotopic (exact) mass is 368 g/mol. The zero-order chi connectivity index (χ0) is 15.4. The van der Waals surface area contributed by atoms with Gasteiger partial charge in [0.15, 0.2) is 0 Å². The standard InChI is InChI=1S/C16H18BrClN2O/c1-10(2)21-13-5-3-4-11(8-13)16(20-19)14-9-12(18)6-7-15(14)17/h3-10,16,20H,19H2,1-2H3. The van der Waals surface area contributed by atoms with E-state index in [0.29, 0.717) is 5.02 Å². The first kappa shape index (κ1) is 16.3. The molecule has 5 heteroatoms. The van der Waals surface area contributed by atoms with Crippen molar-refractivity contribution < 1.29 is 4.74 Å². The Hall–Kier alpha value is -1.07. The molecule has 0 saturated heterocycles. The van der Waals surface area contributed by atoms with Crippen LogP contribution >= 0.6 is 27.5 Å². The van der Waals surface area contributed by atoms with Crippen molar-refractivity contribution >= 4 is 27.5 Å². The van der Waals surface area contributed by atoms with E-state index in [1.807, 2.05) is 56.3 Å². The van der Waals surface area contributed by atoms with Crippen LogP contribution in [0, 0.1) is 0 Å². The van der Waals surface area contributed by atoms with Gasteiger partial charge in [-0.3, -0.25) is 5.84 Å². The SMILES string of the molecule is CC(C)Oc1cccc(C(NN)c2cc(Cl)ccc2Br)c1. The normalized spacial score (nSPS) is 12.5. The number of halogens is 2. The lowest BCUT2D eigenvalue weighted by Gasteiger charge is -2.20. The van der Waals surface area contributed by atoms with Crippen molar-refractivity contribution in [3.63, 3.8) is 0 Å². The zero-order valence-corrected chi connectivity index (χ0v) is 14.3. The molecule has 0 heterocycles. The minimum Gasteiger partial charge on any atom is -0.491 e. The molecule has 112 valence electrons. The summed E-state index contributed by atoms with van der Waals surface area (Å²) in [5.41, 5.74) is 4.83. The molecule has 1 unspecified atom stereocenters. The summed E-state index contributed by atoms with van der Waals surface area (Å²) in [7, 11) is 0. The molecule has 0 amide bonds. The van der Waals surface area contributed by atoms with Crippen molar-refractivity contribution in [3.05, 3.63) is 63.1 Å². The van der Waals surface area contributed by atoms with Crippen molar-refractivity contribution in [2.75, 3.05) is 0 Å². The maximum atomic E-state index is 6.09. The molecule has 0 aliphatic carbocycles. The van der Waals surface area contributed by atoms with E-state index in [0.717, 1.165) is 21.3 Å². The molecule has 0 bridgehead atoms. The highest BCUT2D eigenvalue weighted by Gasteiger charge is 2.16. The molecule has 3 N–H and O–H groups in total. The molecule has 0 aliphatic heterocycles. The highest BCUT2D eigenvalue weighted by Crippen LogP contribution is 2.31. The van der Waals surface area contributed by atoms with Crippen molar-refractivity contribution in [1.29, 1.82) is 0 Å². The highest BCUT2D eigenvalue weighted by atomic mass is 79.9. The van der Waals surface area contributed by atoms with Crippen molar-refractivity contribution in [1.82, 2.24) is 5.43 Å². The van der Waals surface area contributed by atoms with Crippen molar-refractivity contribution in [2.24, 2.45) is 5.84 Å². The smallest absolute Gasteiger partial charge is 0.120 e. The second-order valence-corrected chi connectivity index (χ2v) is 6.30. The maximum Gasteiger partial charge on any atom is 0.120 e. The summed E-state index contributed by atoms with van der Waals surface area (Å²) in [5.74, 6) is 6.57. The van der Waals surface area contributed by atoms with Gasteiger partial charge in [0.05, 0.1) is 12.1 Å². The summed E-state index contributed by atoms with van der Waals surface area (Å²) in [5, 5.41) is 0.669. The van der Waals surface area contributed by atoms with Crippen LogP contribution < -0.4 is 16.0 Å². The summed E-state index contributed by atoms with van der Waals surface area (Å²) in [4.78, 5) is 0. The van der Waals surface area contributed by atoms with Crippen molar-refractivity contribution in [3.8, 4) is 5.75 Å². The lowest BCUT2D eigenvalue weighted by atomic mass is 9.99. The van der Waals surface area contributed by atoms with Crippen LogP contribution in [0.4, 0.5) is 0 Å². The molecule has 21 heavy (non-hydrogen) atoms. The Balaban J connectivity index is 2.39. The van der Waals surface area contributed by atoms with Crippen LogP contribution in [0.5, 0.6) is 5.75 Å². The Morgan fingerprint density at radius 1 is 1.19 bits per heavy atom. The van der Waals surface area contributed by atoms with Gasteiger partial charge in [0.1, 0.15) is 5.75 Å². The minimum atomic E-state index is -0.172. The third-order valence-electron chi connectivity index (χ3n) is 3.00. The van der Waals surface area contributed by atoms with E-state index in [9.17, 15) is 0 Å². The molecule has 0 saturated carbocycles. The number of benzene rings is 2. The summed E-state index contributed by atoms with van der Waals surface area (Å²) in [6.45, 7) is 4.00. The average molecular weight is 370 g/mol. The van der Waals surface area contributed by atoms with Gasteiger partial charge in [-0.2, -0.15) is 0 Å². The molecule has 2 aromatic carbocycles. The first-order valence-electron chi connectivity index (χ1n) is 6.69. The van der Waals surface area contributed by atoms with Crippen LogP contribution in [0.1, 0.15) is 31.0 Å². The topological polar surface area (TPSA) is 47.3 Å². The number of hydrogen-bond donors (Lipinski definition) is 2. The second-order valence-electron chi connectivity index (χ2n) is 5.00. The van der Waals surface area contributed by atoms with E-state index in [2.05, 4.69) is 21.4 Å². The Kier molecular flexibility index (Phi) is 5.65. The molecule has 0 aliphatic rings. The van der Waals surface area contributed by atoms with Gasteiger partial charge < -0.3 is 4.74 Å². The van der Waals surface area contributed by atoms with Crippen LogP contribution in [0.3, 0.4) is 0 Å². The fourth-order valence-corrected chi connectivity index (χ4v) is 2.80. The van der Waals surface area contributed by atoms with Crippen LogP contribution in [-0.4, -0.2) is 6.10 Å². The third kappa shape index (κ3) is 4.20. The summed E-state index contributed by atoms with van der Waals surface area (Å²) in [6, 6.07) is 13.3. The molecule has 0 spiro atoms. The van der Waals surface area contributed by atoms with Gasteiger partial charge >= 0.3 is 0 Å². The molecule has 3 nitrogen and oxygen atoms in total. The summed E-state index contributed by atoms with van der Waals surface area (Å²) >= 11 is 9.63. The van der Waals surface area contributed by atoms with Crippen LogP contribution in [0.25, 0.3) is 0 Å². The van der Waals surface area contributed by atoms with E-state index >= 15 is 0 Å². The number of nitrogens with two attached hydrogens (primary N) is 1. The van der Waals surface area contributed by atoms with Gasteiger partial charge in [0.2, 0.25) is 0 Å². The van der Waals surface area contributed by atoms with E-state index < -0.39 is 0 Å². The Morgan fingerprint density at radius 2 is 1.95 bits per heavy atom. The van der Waals surface area contributed by atoms with E-state index in [4.69, 9.17) is 22.2 Å². The predicted octanol–water partition coefficient (Wildman–Crippen LogP) is 4.44. The largest absolute Gasteiger partial charge is 0.491 e. The first-order chi connectivity index (χ1) is 10.0. The second kappa shape index (κ2) is 7.27. The summed E-state index contributed by atoms with van der Waals surface area (Å²) in [6.07, 6.45) is 0.127. The average Bonchev–Trinajstić information content (AvgIpc) is 2.43. The zero-order valence-electron chi connectivity index (χ0n) is 11.9. The minimum absolute atomic E-state index is 0.127. The lowest BCUT2D eigenvalue weighted by Crippen LogP contribution is -2.29. The van der Waals surface area contributed by atoms with Crippen LogP contribution in [0.2, 0.25) is 5.02 Å². The van der Waals surface area contributed by atoms with Crippen LogP contribution in [0.15, 0.2) is 46.9 Å². The van der Waals surface area contributed by atoms with Gasteiger partial charge in [-0.25, -0.2) is 5.43 Å². The highest BCUT2D eigenvalue weighted by molar-refractivity contribution is 9.10. The Labute approximate surface area is 138 Å². The predicted molar refractivity (Wildman–Crippen MR) is 90.5 cm³/mol. The first-order valence-corrected chi connectivity index (χ1v) is 7.86. The van der Waals surface area contributed by atoms with E-state index in [1.54, 1.807) is 0 Å². The molecule has 2 aromatic rings. The molecule has 0 radical (unpaired) electrons. The fourth-order valence-electron chi connectivity index (χ4n) is 2.14. The van der Waals surface area contributed by atoms with E-state index in [-0.39, 0.29) is 12.1 Å². The lowest BCUT2D eigenvalue weighted by molar-refractivity contribution is 0.242. The van der Waals surface area contributed by atoms with Gasteiger partial charge in [0.25, 0.3) is 0 Å². The Bertz CT molecular complexity index is 619. The molecule has 0 fully saturated rings. The Morgan fingerprint density at radius 3 is 2.62 bits per heavy atom. The molecule has 2 rings (SSSR count). The van der Waals surface area contributed by atoms with Gasteiger partial charge in [-0.05, 0) is 55.3 Å².